The Labute approximate surface area is 191 Å². The van der Waals surface area contributed by atoms with Crippen molar-refractivity contribution in [2.75, 3.05) is 16.9 Å². The highest BCUT2D eigenvalue weighted by Crippen LogP contribution is 2.34. The first-order valence-electron chi connectivity index (χ1n) is 9.93. The lowest BCUT2D eigenvalue weighted by molar-refractivity contribution is -0.116. The third-order valence-electron chi connectivity index (χ3n) is 4.88. The molecule has 0 fully saturated rings. The first-order chi connectivity index (χ1) is 15.0. The van der Waals surface area contributed by atoms with Crippen molar-refractivity contribution < 1.29 is 9.59 Å². The average Bonchev–Trinajstić information content (AvgIpc) is 3.13. The van der Waals surface area contributed by atoms with Gasteiger partial charge in [0.25, 0.3) is 5.56 Å². The highest BCUT2D eigenvalue weighted by atomic mass is 32.2. The van der Waals surface area contributed by atoms with E-state index in [1.807, 2.05) is 30.3 Å². The fourth-order valence-electron chi connectivity index (χ4n) is 3.51. The number of hydrogen-bond acceptors (Lipinski definition) is 7. The van der Waals surface area contributed by atoms with Gasteiger partial charge in [-0.25, -0.2) is 4.98 Å². The maximum atomic E-state index is 13.3. The second kappa shape index (κ2) is 9.88. The lowest BCUT2D eigenvalue weighted by Gasteiger charge is -2.14. The third kappa shape index (κ3) is 5.13. The minimum absolute atomic E-state index is 0.0261. The van der Waals surface area contributed by atoms with E-state index in [2.05, 4.69) is 10.4 Å². The summed E-state index contributed by atoms with van der Waals surface area (Å²) in [6.45, 7) is 0. The van der Waals surface area contributed by atoms with Crippen molar-refractivity contribution in [1.29, 1.82) is 0 Å². The molecule has 0 atom stereocenters. The molecule has 0 bridgehead atoms. The SMILES string of the molecule is NC(=O)CSc1nc2sc3c(c2c(=O)n1NC(=O)CSCc1ccccc1)CCCC3. The molecule has 0 unspecified atom stereocenters. The molecule has 3 aromatic rings. The Kier molecular flexibility index (Phi) is 6.99. The number of thioether (sulfide) groups is 2. The molecule has 0 saturated heterocycles. The number of nitrogens with one attached hydrogen (secondary N) is 1. The number of carbonyl (C=O) groups is 2. The van der Waals surface area contributed by atoms with Crippen molar-refractivity contribution >= 4 is 56.9 Å². The van der Waals surface area contributed by atoms with E-state index < -0.39 is 5.91 Å². The van der Waals surface area contributed by atoms with Crippen LogP contribution in [0.25, 0.3) is 10.2 Å². The van der Waals surface area contributed by atoms with Gasteiger partial charge in [-0.1, -0.05) is 42.1 Å². The van der Waals surface area contributed by atoms with Gasteiger partial charge in [-0.15, -0.1) is 23.1 Å². The van der Waals surface area contributed by atoms with Crippen molar-refractivity contribution in [3.8, 4) is 0 Å². The van der Waals surface area contributed by atoms with Gasteiger partial charge in [-0.2, -0.15) is 4.68 Å². The fourth-order valence-corrected chi connectivity index (χ4v) is 6.28. The average molecular weight is 475 g/mol. The zero-order valence-corrected chi connectivity index (χ0v) is 19.2. The topological polar surface area (TPSA) is 107 Å². The Morgan fingerprint density at radius 3 is 2.71 bits per heavy atom. The van der Waals surface area contributed by atoms with E-state index >= 15 is 0 Å². The second-order valence-electron chi connectivity index (χ2n) is 7.19. The van der Waals surface area contributed by atoms with Crippen LogP contribution in [-0.4, -0.2) is 33.0 Å². The molecule has 4 rings (SSSR count). The van der Waals surface area contributed by atoms with Gasteiger partial charge < -0.3 is 5.73 Å². The van der Waals surface area contributed by atoms with E-state index in [4.69, 9.17) is 5.73 Å². The standard InChI is InChI=1S/C21H22N4O3S3/c22-16(26)11-30-21-23-19-18(14-8-4-5-9-15(14)31-19)20(28)25(21)24-17(27)12-29-10-13-6-2-1-3-7-13/h1-3,6-7H,4-5,8-12H2,(H2,22,26)(H,24,27). The van der Waals surface area contributed by atoms with Gasteiger partial charge in [0.15, 0.2) is 5.16 Å². The van der Waals surface area contributed by atoms with Gasteiger partial charge in [-0.05, 0) is 36.8 Å². The highest BCUT2D eigenvalue weighted by molar-refractivity contribution is 7.99. The number of rotatable bonds is 8. The monoisotopic (exact) mass is 474 g/mol. The predicted molar refractivity (Wildman–Crippen MR) is 127 cm³/mol. The van der Waals surface area contributed by atoms with Crippen LogP contribution in [0.1, 0.15) is 28.8 Å². The van der Waals surface area contributed by atoms with E-state index in [1.54, 1.807) is 0 Å². The number of primary amides is 1. The summed E-state index contributed by atoms with van der Waals surface area (Å²) in [4.78, 5) is 43.7. The molecule has 3 N–H and O–H groups in total. The Balaban J connectivity index is 1.58. The maximum absolute atomic E-state index is 13.3. The number of nitrogens with two attached hydrogens (primary N) is 1. The largest absolute Gasteiger partial charge is 0.369 e. The Hall–Kier alpha value is -2.30. The number of amides is 2. The minimum atomic E-state index is -0.513. The van der Waals surface area contributed by atoms with Gasteiger partial charge in [0.05, 0.1) is 16.9 Å². The number of aryl methyl sites for hydroxylation is 2. The summed E-state index contributed by atoms with van der Waals surface area (Å²) in [6.07, 6.45) is 3.94. The van der Waals surface area contributed by atoms with Crippen LogP contribution in [0, 0.1) is 0 Å². The van der Waals surface area contributed by atoms with E-state index in [0.29, 0.717) is 16.0 Å². The van der Waals surface area contributed by atoms with E-state index in [-0.39, 0.29) is 28.1 Å². The quantitative estimate of drug-likeness (QED) is 0.384. The number of nitrogens with zero attached hydrogens (tertiary/aromatic N) is 2. The number of aromatic nitrogens is 2. The van der Waals surface area contributed by atoms with Gasteiger partial charge in [0, 0.05) is 10.6 Å². The summed E-state index contributed by atoms with van der Waals surface area (Å²) in [6, 6.07) is 9.88. The summed E-state index contributed by atoms with van der Waals surface area (Å²) >= 11 is 4.05. The minimum Gasteiger partial charge on any atom is -0.369 e. The first-order valence-corrected chi connectivity index (χ1v) is 12.9. The van der Waals surface area contributed by atoms with Gasteiger partial charge in [-0.3, -0.25) is 19.8 Å². The summed E-state index contributed by atoms with van der Waals surface area (Å²) in [5.74, 6) is 0.0557. The number of carbonyl (C=O) groups excluding carboxylic acids is 2. The molecule has 0 aliphatic heterocycles. The predicted octanol–water partition coefficient (Wildman–Crippen LogP) is 2.92. The molecule has 2 aromatic heterocycles. The Morgan fingerprint density at radius 1 is 1.16 bits per heavy atom. The molecule has 162 valence electrons. The molecule has 1 aliphatic rings. The van der Waals surface area contributed by atoms with Crippen LogP contribution in [0.15, 0.2) is 40.3 Å². The molecule has 0 saturated carbocycles. The van der Waals surface area contributed by atoms with Crippen LogP contribution in [0.5, 0.6) is 0 Å². The van der Waals surface area contributed by atoms with E-state index in [1.165, 1.54) is 32.7 Å². The molecular weight excluding hydrogens is 452 g/mol. The smallest absolute Gasteiger partial charge is 0.282 e. The van der Waals surface area contributed by atoms with Crippen molar-refractivity contribution in [1.82, 2.24) is 9.66 Å². The third-order valence-corrected chi connectivity index (χ3v) is 8.03. The van der Waals surface area contributed by atoms with Gasteiger partial charge in [0.2, 0.25) is 11.8 Å². The second-order valence-corrected chi connectivity index (χ2v) is 10.2. The number of benzene rings is 1. The number of hydrogen-bond donors (Lipinski definition) is 2. The summed E-state index contributed by atoms with van der Waals surface area (Å²) in [5, 5.41) is 0.858. The lowest BCUT2D eigenvalue weighted by Crippen LogP contribution is -2.36. The molecule has 1 aliphatic carbocycles. The highest BCUT2D eigenvalue weighted by Gasteiger charge is 2.23. The van der Waals surface area contributed by atoms with Crippen LogP contribution in [-0.2, 0) is 28.2 Å². The summed E-state index contributed by atoms with van der Waals surface area (Å²) in [7, 11) is 0. The maximum Gasteiger partial charge on any atom is 0.282 e. The van der Waals surface area contributed by atoms with Crippen molar-refractivity contribution in [2.24, 2.45) is 5.73 Å². The molecule has 10 heteroatoms. The molecule has 0 spiro atoms. The molecular formula is C21H22N4O3S3. The molecule has 31 heavy (non-hydrogen) atoms. The van der Waals surface area contributed by atoms with Crippen LogP contribution in [0.4, 0.5) is 0 Å². The van der Waals surface area contributed by atoms with Crippen LogP contribution < -0.4 is 16.7 Å². The Bertz CT molecular complexity index is 1170. The van der Waals surface area contributed by atoms with Gasteiger partial charge >= 0.3 is 0 Å². The number of fused-ring (bicyclic) bond motifs is 3. The summed E-state index contributed by atoms with van der Waals surface area (Å²) < 4.78 is 1.18. The Morgan fingerprint density at radius 2 is 1.94 bits per heavy atom. The van der Waals surface area contributed by atoms with E-state index in [0.717, 1.165) is 48.6 Å². The van der Waals surface area contributed by atoms with Crippen LogP contribution in [0.2, 0.25) is 0 Å². The van der Waals surface area contributed by atoms with E-state index in [9.17, 15) is 14.4 Å². The zero-order chi connectivity index (χ0) is 21.8. The molecule has 2 heterocycles. The number of thiophene rings is 1. The van der Waals surface area contributed by atoms with Crippen molar-refractivity contribution in [3.63, 3.8) is 0 Å². The first kappa shape index (κ1) is 21.9. The van der Waals surface area contributed by atoms with Crippen molar-refractivity contribution in [3.05, 3.63) is 56.7 Å². The fraction of sp³-hybridized carbons (Fsp3) is 0.333. The van der Waals surface area contributed by atoms with Gasteiger partial charge in [0.1, 0.15) is 4.83 Å². The molecule has 0 radical (unpaired) electrons. The van der Waals surface area contributed by atoms with Crippen molar-refractivity contribution in [2.45, 2.75) is 36.6 Å². The lowest BCUT2D eigenvalue weighted by atomic mass is 9.97. The molecule has 2 amide bonds. The molecule has 1 aromatic carbocycles. The zero-order valence-electron chi connectivity index (χ0n) is 16.8. The van der Waals surface area contributed by atoms with Crippen LogP contribution >= 0.6 is 34.9 Å². The molecule has 7 nitrogen and oxygen atoms in total. The normalized spacial score (nSPS) is 13.2. The summed E-state index contributed by atoms with van der Waals surface area (Å²) in [5.41, 5.74) is 9.86. The van der Waals surface area contributed by atoms with Crippen LogP contribution in [0.3, 0.4) is 0 Å².